The maximum atomic E-state index is 5.64. The Morgan fingerprint density at radius 3 is 3.00 bits per heavy atom. The molecule has 5 nitrogen and oxygen atoms in total. The molecule has 1 aromatic carbocycles. The number of ether oxygens (including phenoxy) is 1. The molecule has 0 fully saturated rings. The van der Waals surface area contributed by atoms with Crippen LogP contribution < -0.4 is 4.74 Å². The minimum absolute atomic E-state index is 0.683. The van der Waals surface area contributed by atoms with Gasteiger partial charge in [-0.1, -0.05) is 19.1 Å². The molecule has 0 N–H and O–H groups in total. The van der Waals surface area contributed by atoms with Crippen LogP contribution in [0.3, 0.4) is 0 Å². The first-order chi connectivity index (χ1) is 9.78. The van der Waals surface area contributed by atoms with Crippen LogP contribution in [0.4, 0.5) is 0 Å². The third-order valence-electron chi connectivity index (χ3n) is 3.02. The van der Waals surface area contributed by atoms with Crippen molar-refractivity contribution >= 4 is 11.2 Å². The smallest absolute Gasteiger partial charge is 0.163 e. The molecule has 5 heteroatoms. The highest BCUT2D eigenvalue weighted by Crippen LogP contribution is 2.22. The van der Waals surface area contributed by atoms with Gasteiger partial charge in [0, 0.05) is 12.6 Å². The fourth-order valence-electron chi connectivity index (χ4n) is 2.00. The summed E-state index contributed by atoms with van der Waals surface area (Å²) in [5.41, 5.74) is 2.58. The predicted octanol–water partition coefficient (Wildman–Crippen LogP) is 2.82. The second-order valence-corrected chi connectivity index (χ2v) is 4.63. The highest BCUT2D eigenvalue weighted by atomic mass is 16.5. The van der Waals surface area contributed by atoms with Gasteiger partial charge in [0.15, 0.2) is 11.5 Å². The molecule has 3 rings (SSSR count). The van der Waals surface area contributed by atoms with Gasteiger partial charge >= 0.3 is 0 Å². The molecule has 2 heterocycles. The van der Waals surface area contributed by atoms with Crippen LogP contribution in [0.15, 0.2) is 36.8 Å². The van der Waals surface area contributed by atoms with E-state index in [4.69, 9.17) is 4.74 Å². The third kappa shape index (κ3) is 2.34. The predicted molar refractivity (Wildman–Crippen MR) is 77.5 cm³/mol. The molecule has 0 bridgehead atoms. The van der Waals surface area contributed by atoms with Crippen molar-refractivity contribution in [2.24, 2.45) is 7.05 Å². The van der Waals surface area contributed by atoms with Gasteiger partial charge in [0.1, 0.15) is 11.3 Å². The van der Waals surface area contributed by atoms with Crippen LogP contribution in [0, 0.1) is 0 Å². The number of aromatic nitrogens is 4. The molecule has 0 aliphatic carbocycles. The van der Waals surface area contributed by atoms with Crippen LogP contribution in [-0.2, 0) is 7.05 Å². The summed E-state index contributed by atoms with van der Waals surface area (Å²) < 4.78 is 7.53. The summed E-state index contributed by atoms with van der Waals surface area (Å²) in [6.45, 7) is 2.80. The summed E-state index contributed by atoms with van der Waals surface area (Å²) in [6.07, 6.45) is 4.48. The van der Waals surface area contributed by atoms with Crippen molar-refractivity contribution in [1.82, 2.24) is 19.5 Å². The minimum atomic E-state index is 0.683. The number of nitrogens with zero attached hydrogens (tertiary/aromatic N) is 4. The Balaban J connectivity index is 1.99. The first-order valence-corrected chi connectivity index (χ1v) is 6.65. The molecule has 0 aliphatic heterocycles. The van der Waals surface area contributed by atoms with E-state index in [-0.39, 0.29) is 0 Å². The lowest BCUT2D eigenvalue weighted by Gasteiger charge is -2.06. The number of aryl methyl sites for hydroxylation is 1. The van der Waals surface area contributed by atoms with Gasteiger partial charge in [0.2, 0.25) is 0 Å². The Kier molecular flexibility index (Phi) is 3.33. The normalized spacial score (nSPS) is 10.9. The van der Waals surface area contributed by atoms with E-state index in [1.807, 2.05) is 35.9 Å². The lowest BCUT2D eigenvalue weighted by molar-refractivity contribution is 0.317. The molecule has 0 aliphatic rings. The summed E-state index contributed by atoms with van der Waals surface area (Å²) in [5, 5.41) is 0. The van der Waals surface area contributed by atoms with Crippen LogP contribution in [0.1, 0.15) is 13.3 Å². The molecule has 0 amide bonds. The van der Waals surface area contributed by atoms with E-state index in [1.165, 1.54) is 0 Å². The van der Waals surface area contributed by atoms with Crippen molar-refractivity contribution in [3.63, 3.8) is 0 Å². The quantitative estimate of drug-likeness (QED) is 0.730. The topological polar surface area (TPSA) is 52.8 Å². The maximum absolute atomic E-state index is 5.64. The number of benzene rings is 1. The fourth-order valence-corrected chi connectivity index (χ4v) is 2.00. The Morgan fingerprint density at radius 2 is 2.15 bits per heavy atom. The van der Waals surface area contributed by atoms with Gasteiger partial charge in [-0.2, -0.15) is 0 Å². The Bertz CT molecular complexity index is 736. The zero-order valence-electron chi connectivity index (χ0n) is 11.6. The molecule has 3 aromatic rings. The average Bonchev–Trinajstić information content (AvgIpc) is 2.86. The second-order valence-electron chi connectivity index (χ2n) is 4.63. The standard InChI is InChI=1S/C15H16N4O/c1-3-7-20-12-6-4-5-11(8-12)14-16-9-13-15(18-14)19(2)10-17-13/h4-6,8-10H,3,7H2,1-2H3. The average molecular weight is 268 g/mol. The van der Waals surface area contributed by atoms with Crippen molar-refractivity contribution in [3.8, 4) is 17.1 Å². The van der Waals surface area contributed by atoms with Gasteiger partial charge in [-0.05, 0) is 18.6 Å². The number of imidazole rings is 1. The van der Waals surface area contributed by atoms with Crippen LogP contribution in [0.25, 0.3) is 22.6 Å². The van der Waals surface area contributed by atoms with Gasteiger partial charge < -0.3 is 9.30 Å². The van der Waals surface area contributed by atoms with Gasteiger partial charge in [-0.3, -0.25) is 0 Å². The number of hydrogen-bond donors (Lipinski definition) is 0. The molecule has 0 radical (unpaired) electrons. The van der Waals surface area contributed by atoms with Crippen LogP contribution >= 0.6 is 0 Å². The molecule has 0 saturated heterocycles. The lowest BCUT2D eigenvalue weighted by Crippen LogP contribution is -1.96. The van der Waals surface area contributed by atoms with Crippen molar-refractivity contribution in [3.05, 3.63) is 36.8 Å². The highest BCUT2D eigenvalue weighted by molar-refractivity contribution is 5.72. The molecular formula is C15H16N4O. The Hall–Kier alpha value is -2.43. The fraction of sp³-hybridized carbons (Fsp3) is 0.267. The molecule has 20 heavy (non-hydrogen) atoms. The Morgan fingerprint density at radius 1 is 1.25 bits per heavy atom. The number of fused-ring (bicyclic) bond motifs is 1. The van der Waals surface area contributed by atoms with Gasteiger partial charge in [0.05, 0.1) is 19.1 Å². The van der Waals surface area contributed by atoms with Gasteiger partial charge in [-0.25, -0.2) is 15.0 Å². The third-order valence-corrected chi connectivity index (χ3v) is 3.02. The number of hydrogen-bond acceptors (Lipinski definition) is 4. The van der Waals surface area contributed by atoms with E-state index in [2.05, 4.69) is 21.9 Å². The monoisotopic (exact) mass is 268 g/mol. The summed E-state index contributed by atoms with van der Waals surface area (Å²) in [4.78, 5) is 13.2. The first-order valence-electron chi connectivity index (χ1n) is 6.65. The molecule has 102 valence electrons. The van der Waals surface area contributed by atoms with E-state index in [9.17, 15) is 0 Å². The van der Waals surface area contributed by atoms with E-state index in [0.29, 0.717) is 12.4 Å². The summed E-state index contributed by atoms with van der Waals surface area (Å²) in [6, 6.07) is 7.85. The van der Waals surface area contributed by atoms with Crippen molar-refractivity contribution < 1.29 is 4.74 Å². The van der Waals surface area contributed by atoms with Gasteiger partial charge in [0.25, 0.3) is 0 Å². The molecule has 0 atom stereocenters. The van der Waals surface area contributed by atoms with E-state index in [0.717, 1.165) is 28.9 Å². The number of rotatable bonds is 4. The summed E-state index contributed by atoms with van der Waals surface area (Å²) in [7, 11) is 1.92. The van der Waals surface area contributed by atoms with E-state index in [1.54, 1.807) is 12.5 Å². The molecule has 2 aromatic heterocycles. The minimum Gasteiger partial charge on any atom is -0.494 e. The van der Waals surface area contributed by atoms with Gasteiger partial charge in [-0.15, -0.1) is 0 Å². The Labute approximate surface area is 117 Å². The largest absolute Gasteiger partial charge is 0.494 e. The zero-order chi connectivity index (χ0) is 13.9. The van der Waals surface area contributed by atoms with Crippen LogP contribution in [0.2, 0.25) is 0 Å². The lowest BCUT2D eigenvalue weighted by atomic mass is 10.2. The van der Waals surface area contributed by atoms with Crippen molar-refractivity contribution in [2.75, 3.05) is 6.61 Å². The first kappa shape index (κ1) is 12.6. The molecular weight excluding hydrogens is 252 g/mol. The van der Waals surface area contributed by atoms with E-state index >= 15 is 0 Å². The molecule has 0 spiro atoms. The molecule has 0 unspecified atom stereocenters. The summed E-state index contributed by atoms with van der Waals surface area (Å²) in [5.74, 6) is 1.53. The van der Waals surface area contributed by atoms with Crippen molar-refractivity contribution in [1.29, 1.82) is 0 Å². The van der Waals surface area contributed by atoms with Crippen LogP contribution in [0.5, 0.6) is 5.75 Å². The second kappa shape index (κ2) is 5.28. The highest BCUT2D eigenvalue weighted by Gasteiger charge is 2.07. The SMILES string of the molecule is CCCOc1cccc(-c2ncc3ncn(C)c3n2)c1. The van der Waals surface area contributed by atoms with E-state index < -0.39 is 0 Å². The maximum Gasteiger partial charge on any atom is 0.163 e. The zero-order valence-corrected chi connectivity index (χ0v) is 11.6. The summed E-state index contributed by atoms with van der Waals surface area (Å²) >= 11 is 0. The van der Waals surface area contributed by atoms with Crippen LogP contribution in [-0.4, -0.2) is 26.1 Å². The molecule has 0 saturated carbocycles. The van der Waals surface area contributed by atoms with Crippen molar-refractivity contribution in [2.45, 2.75) is 13.3 Å².